The van der Waals surface area contributed by atoms with Gasteiger partial charge in [-0.15, -0.1) is 0 Å². The molecule has 4 heteroatoms. The molecular weight excluding hydrogens is 289 g/mol. The minimum atomic E-state index is 0.582. The van der Waals surface area contributed by atoms with Gasteiger partial charge in [-0.2, -0.15) is 0 Å². The summed E-state index contributed by atoms with van der Waals surface area (Å²) in [6, 6.07) is 10.7. The molecule has 0 radical (unpaired) electrons. The van der Waals surface area contributed by atoms with E-state index in [9.17, 15) is 0 Å². The zero-order chi connectivity index (χ0) is 12.6. The number of benzene rings is 1. The van der Waals surface area contributed by atoms with Gasteiger partial charge in [-0.25, -0.2) is 0 Å². The van der Waals surface area contributed by atoms with Crippen molar-refractivity contribution in [1.29, 1.82) is 0 Å². The van der Waals surface area contributed by atoms with E-state index in [4.69, 9.17) is 0 Å². The summed E-state index contributed by atoms with van der Waals surface area (Å²) in [5.41, 5.74) is 2.02. The number of nitrogens with zero attached hydrogens (tertiary/aromatic N) is 2. The van der Waals surface area contributed by atoms with Crippen LogP contribution in [0.25, 0.3) is 0 Å². The third-order valence-corrected chi connectivity index (χ3v) is 4.83. The van der Waals surface area contributed by atoms with Crippen molar-refractivity contribution in [2.75, 3.05) is 6.54 Å². The number of nitrogens with one attached hydrogen (secondary N) is 1. The Labute approximate surface area is 114 Å². The molecule has 0 spiro atoms. The van der Waals surface area contributed by atoms with Gasteiger partial charge in [-0.1, -0.05) is 0 Å². The summed E-state index contributed by atoms with van der Waals surface area (Å²) >= 11 is 0.582. The van der Waals surface area contributed by atoms with Crippen molar-refractivity contribution in [2.24, 2.45) is 4.99 Å². The maximum atomic E-state index is 4.41. The Morgan fingerprint density at radius 2 is 2.17 bits per heavy atom. The molecule has 0 atom stereocenters. The van der Waals surface area contributed by atoms with Crippen LogP contribution in [0.3, 0.4) is 0 Å². The first kappa shape index (κ1) is 13.1. The van der Waals surface area contributed by atoms with E-state index < -0.39 is 0 Å². The fourth-order valence-corrected chi connectivity index (χ4v) is 3.31. The van der Waals surface area contributed by atoms with Gasteiger partial charge in [0.05, 0.1) is 0 Å². The second-order valence-corrected chi connectivity index (χ2v) is 6.41. The quantitative estimate of drug-likeness (QED) is 0.495. The molecule has 2 rings (SSSR count). The van der Waals surface area contributed by atoms with Gasteiger partial charge in [0.1, 0.15) is 0 Å². The third kappa shape index (κ3) is 4.13. The van der Waals surface area contributed by atoms with Gasteiger partial charge in [0.2, 0.25) is 0 Å². The molecule has 1 heterocycles. The number of imidazole rings is 1. The van der Waals surface area contributed by atoms with Crippen LogP contribution in [0, 0.1) is 6.92 Å². The zero-order valence-electron chi connectivity index (χ0n) is 10.5. The van der Waals surface area contributed by atoms with Crippen LogP contribution < -0.4 is 4.46 Å². The molecule has 0 unspecified atom stereocenters. The van der Waals surface area contributed by atoms with Crippen LogP contribution in [0.4, 0.5) is 0 Å². The van der Waals surface area contributed by atoms with E-state index in [1.54, 1.807) is 6.33 Å². The van der Waals surface area contributed by atoms with Crippen LogP contribution in [0.15, 0.2) is 41.7 Å². The Kier molecular flexibility index (Phi) is 5.18. The average molecular weight is 306 g/mol. The Hall–Kier alpha value is -1.38. The predicted molar refractivity (Wildman–Crippen MR) is 77.0 cm³/mol. The third-order valence-electron chi connectivity index (χ3n) is 2.53. The molecular formula is C14H17N3Se. The Bertz CT molecular complexity index is 491. The molecule has 1 N–H and O–H groups in total. The van der Waals surface area contributed by atoms with Gasteiger partial charge in [0.25, 0.3) is 0 Å². The van der Waals surface area contributed by atoms with Crippen molar-refractivity contribution in [2.45, 2.75) is 18.7 Å². The van der Waals surface area contributed by atoms with Crippen LogP contribution >= 0.6 is 0 Å². The number of aromatic nitrogens is 2. The van der Waals surface area contributed by atoms with Crippen LogP contribution in [0.2, 0.25) is 5.32 Å². The molecule has 0 saturated heterocycles. The maximum absolute atomic E-state index is 4.41. The molecule has 3 nitrogen and oxygen atoms in total. The van der Waals surface area contributed by atoms with Gasteiger partial charge in [0.15, 0.2) is 0 Å². The summed E-state index contributed by atoms with van der Waals surface area (Å²) in [6.45, 7) is 2.90. The van der Waals surface area contributed by atoms with Crippen molar-refractivity contribution in [3.8, 4) is 0 Å². The Balaban J connectivity index is 1.65. The second kappa shape index (κ2) is 7.14. The van der Waals surface area contributed by atoms with E-state index >= 15 is 0 Å². The van der Waals surface area contributed by atoms with Gasteiger partial charge < -0.3 is 0 Å². The second-order valence-electron chi connectivity index (χ2n) is 3.96. The van der Waals surface area contributed by atoms with Gasteiger partial charge in [-0.3, -0.25) is 0 Å². The SMILES string of the molecule is Cc1[nH]cnc1C=NCCC[Se]c1ccccc1. The van der Waals surface area contributed by atoms with Crippen molar-refractivity contribution in [3.05, 3.63) is 48.0 Å². The summed E-state index contributed by atoms with van der Waals surface area (Å²) in [5, 5.41) is 1.24. The molecule has 94 valence electrons. The predicted octanol–water partition coefficient (Wildman–Crippen LogP) is 1.98. The molecule has 1 aromatic carbocycles. The molecule has 2 aromatic rings. The number of aryl methyl sites for hydroxylation is 1. The fraction of sp³-hybridized carbons (Fsp3) is 0.286. The molecule has 0 saturated carbocycles. The van der Waals surface area contributed by atoms with Gasteiger partial charge in [0, 0.05) is 0 Å². The molecule has 0 aliphatic heterocycles. The standard InChI is InChI=1S/C14H17N3Se/c1-12-14(17-11-16-12)10-15-8-5-9-18-13-6-3-2-4-7-13/h2-4,6-7,10-11H,5,8-9H2,1H3,(H,16,17). The van der Waals surface area contributed by atoms with E-state index in [1.165, 1.54) is 9.78 Å². The summed E-state index contributed by atoms with van der Waals surface area (Å²) in [5.74, 6) is 0. The summed E-state index contributed by atoms with van der Waals surface area (Å²) in [6.07, 6.45) is 4.71. The number of aliphatic imine (C=N–C) groups is 1. The van der Waals surface area contributed by atoms with E-state index in [1.807, 2.05) is 13.1 Å². The number of hydrogen-bond acceptors (Lipinski definition) is 2. The van der Waals surface area contributed by atoms with Crippen molar-refractivity contribution in [3.63, 3.8) is 0 Å². The van der Waals surface area contributed by atoms with Crippen LogP contribution in [0.1, 0.15) is 17.8 Å². The first-order valence-corrected chi connectivity index (χ1v) is 8.10. The molecule has 0 aliphatic rings. The molecule has 0 bridgehead atoms. The normalized spacial score (nSPS) is 11.2. The van der Waals surface area contributed by atoms with Crippen molar-refractivity contribution < 1.29 is 0 Å². The topological polar surface area (TPSA) is 41.0 Å². The molecule has 18 heavy (non-hydrogen) atoms. The van der Waals surface area contributed by atoms with Crippen molar-refractivity contribution >= 4 is 25.6 Å². The van der Waals surface area contributed by atoms with Crippen LogP contribution in [-0.4, -0.2) is 37.7 Å². The average Bonchev–Trinajstić information content (AvgIpc) is 2.81. The van der Waals surface area contributed by atoms with Crippen LogP contribution in [0.5, 0.6) is 0 Å². The molecule has 1 aromatic heterocycles. The van der Waals surface area contributed by atoms with E-state index in [2.05, 4.69) is 45.3 Å². The Morgan fingerprint density at radius 3 is 2.89 bits per heavy atom. The fourth-order valence-electron chi connectivity index (χ4n) is 1.51. The summed E-state index contributed by atoms with van der Waals surface area (Å²) < 4.78 is 1.47. The van der Waals surface area contributed by atoms with Gasteiger partial charge in [-0.05, 0) is 0 Å². The molecule has 0 fully saturated rings. The summed E-state index contributed by atoms with van der Waals surface area (Å²) in [4.78, 5) is 11.6. The summed E-state index contributed by atoms with van der Waals surface area (Å²) in [7, 11) is 0. The first-order valence-electron chi connectivity index (χ1n) is 6.04. The zero-order valence-corrected chi connectivity index (χ0v) is 12.2. The minimum absolute atomic E-state index is 0.582. The number of aromatic amines is 1. The first-order chi connectivity index (χ1) is 8.86. The Morgan fingerprint density at radius 1 is 1.33 bits per heavy atom. The molecule has 0 amide bonds. The van der Waals surface area contributed by atoms with Gasteiger partial charge >= 0.3 is 114 Å². The number of rotatable bonds is 6. The van der Waals surface area contributed by atoms with Crippen molar-refractivity contribution in [1.82, 2.24) is 9.97 Å². The number of H-pyrrole nitrogens is 1. The number of hydrogen-bond donors (Lipinski definition) is 1. The van der Waals surface area contributed by atoms with Crippen LogP contribution in [-0.2, 0) is 0 Å². The van der Waals surface area contributed by atoms with E-state index in [0.29, 0.717) is 15.0 Å². The van der Waals surface area contributed by atoms with E-state index in [-0.39, 0.29) is 0 Å². The monoisotopic (exact) mass is 307 g/mol. The van der Waals surface area contributed by atoms with E-state index in [0.717, 1.165) is 24.4 Å². The molecule has 0 aliphatic carbocycles.